The molecule has 6 nitrogen and oxygen atoms in total. The van der Waals surface area contributed by atoms with Gasteiger partial charge in [-0.3, -0.25) is 9.58 Å². The summed E-state index contributed by atoms with van der Waals surface area (Å²) in [6, 6.07) is 1.55. The van der Waals surface area contributed by atoms with Crippen LogP contribution in [0.4, 0.5) is 13.2 Å². The highest BCUT2D eigenvalue weighted by Gasteiger charge is 2.37. The molecule has 10 heteroatoms. The number of hydrogen-bond acceptors (Lipinski definition) is 5. The minimum absolute atomic E-state index is 0.0514. The smallest absolute Gasteiger partial charge is 0.282 e. The highest BCUT2D eigenvalue weighted by atomic mass is 35.5. The Bertz CT molecular complexity index is 907. The van der Waals surface area contributed by atoms with Crippen LogP contribution in [0, 0.1) is 0 Å². The van der Waals surface area contributed by atoms with Gasteiger partial charge in [0.15, 0.2) is 0 Å². The molecule has 35 heavy (non-hydrogen) atoms. The molecular formula is C25H37ClF3N5O. The third kappa shape index (κ3) is 6.42. The molecule has 3 heterocycles. The van der Waals surface area contributed by atoms with E-state index in [0.717, 1.165) is 19.4 Å². The molecule has 0 amide bonds. The fourth-order valence-corrected chi connectivity index (χ4v) is 5.80. The van der Waals surface area contributed by atoms with Gasteiger partial charge in [0.25, 0.3) is 6.43 Å². The highest BCUT2D eigenvalue weighted by Crippen LogP contribution is 2.33. The Labute approximate surface area is 210 Å². The maximum absolute atomic E-state index is 15.2. The van der Waals surface area contributed by atoms with Crippen LogP contribution in [-0.2, 0) is 0 Å². The Kier molecular flexibility index (Phi) is 8.51. The van der Waals surface area contributed by atoms with E-state index >= 15 is 4.39 Å². The van der Waals surface area contributed by atoms with Crippen molar-refractivity contribution in [2.75, 3.05) is 33.2 Å². The molecule has 1 aromatic heterocycles. The van der Waals surface area contributed by atoms with E-state index in [1.54, 1.807) is 10.9 Å². The van der Waals surface area contributed by atoms with E-state index < -0.39 is 18.2 Å². The lowest BCUT2D eigenvalue weighted by molar-refractivity contribution is -0.0291. The zero-order valence-electron chi connectivity index (χ0n) is 20.5. The number of halogens is 4. The number of aromatic nitrogens is 2. The van der Waals surface area contributed by atoms with Crippen molar-refractivity contribution in [3.63, 3.8) is 0 Å². The van der Waals surface area contributed by atoms with Crippen LogP contribution in [0.2, 0.25) is 0 Å². The second kappa shape index (κ2) is 11.2. The molecule has 1 aromatic rings. The molecule has 0 bridgehead atoms. The van der Waals surface area contributed by atoms with Crippen molar-refractivity contribution in [3.05, 3.63) is 41.9 Å². The van der Waals surface area contributed by atoms with Crippen molar-refractivity contribution < 1.29 is 18.3 Å². The molecule has 0 aromatic carbocycles. The number of nitrogens with one attached hydrogen (secondary N) is 1. The van der Waals surface area contributed by atoms with E-state index in [9.17, 15) is 13.9 Å². The van der Waals surface area contributed by atoms with Crippen molar-refractivity contribution in [1.29, 1.82) is 0 Å². The van der Waals surface area contributed by atoms with E-state index in [2.05, 4.69) is 34.5 Å². The van der Waals surface area contributed by atoms with Crippen molar-refractivity contribution >= 4 is 11.6 Å². The van der Waals surface area contributed by atoms with Gasteiger partial charge in [-0.1, -0.05) is 12.2 Å². The Morgan fingerprint density at radius 2 is 2.09 bits per heavy atom. The molecule has 0 radical (unpaired) electrons. The van der Waals surface area contributed by atoms with Crippen LogP contribution in [0.1, 0.15) is 57.2 Å². The van der Waals surface area contributed by atoms with E-state index in [4.69, 9.17) is 11.6 Å². The first-order valence-electron chi connectivity index (χ1n) is 12.5. The van der Waals surface area contributed by atoms with Gasteiger partial charge in [0.2, 0.25) is 0 Å². The Morgan fingerprint density at radius 1 is 1.29 bits per heavy atom. The van der Waals surface area contributed by atoms with Crippen LogP contribution >= 0.6 is 11.6 Å². The van der Waals surface area contributed by atoms with Crippen LogP contribution in [0.5, 0.6) is 0 Å². The topological polar surface area (TPSA) is 56.6 Å². The lowest BCUT2D eigenvalue weighted by atomic mass is 9.89. The van der Waals surface area contributed by atoms with Crippen molar-refractivity contribution in [1.82, 2.24) is 24.9 Å². The van der Waals surface area contributed by atoms with Gasteiger partial charge in [-0.05, 0) is 64.3 Å². The lowest BCUT2D eigenvalue weighted by Crippen LogP contribution is -2.54. The number of aliphatic hydroxyl groups is 1. The third-order valence-electron chi connectivity index (χ3n) is 7.65. The summed E-state index contributed by atoms with van der Waals surface area (Å²) in [6.07, 6.45) is 8.00. The first-order chi connectivity index (χ1) is 16.6. The monoisotopic (exact) mass is 515 g/mol. The van der Waals surface area contributed by atoms with Crippen molar-refractivity contribution in [2.24, 2.45) is 0 Å². The number of likely N-dealkylation sites (tertiary alicyclic amines) is 1. The predicted molar refractivity (Wildman–Crippen MR) is 131 cm³/mol. The predicted octanol–water partition coefficient (Wildman–Crippen LogP) is 4.05. The maximum Gasteiger partial charge on any atom is 0.282 e. The van der Waals surface area contributed by atoms with E-state index in [1.807, 2.05) is 11.1 Å². The fraction of sp³-hybridized carbons (Fsp3) is 0.720. The molecule has 0 spiro atoms. The van der Waals surface area contributed by atoms with Crippen molar-refractivity contribution in [3.8, 4) is 0 Å². The number of alkyl halides is 4. The van der Waals surface area contributed by atoms with Crippen LogP contribution in [0.15, 0.2) is 36.2 Å². The SMILES string of the molecule is CN1CCCC1C1=CN(C[C@@H](F)C(C)(O)CN[C@@H]2CC[C@@H](n3ccc(C(F)F)n3)CC2Cl)CC=C1. The molecule has 2 aliphatic heterocycles. The summed E-state index contributed by atoms with van der Waals surface area (Å²) in [4.78, 5) is 4.27. The molecule has 3 aliphatic rings. The van der Waals surface area contributed by atoms with Gasteiger partial charge < -0.3 is 15.3 Å². The summed E-state index contributed by atoms with van der Waals surface area (Å²) in [6.45, 7) is 3.41. The van der Waals surface area contributed by atoms with Gasteiger partial charge in [-0.2, -0.15) is 5.10 Å². The fourth-order valence-electron chi connectivity index (χ4n) is 5.38. The molecule has 196 valence electrons. The zero-order valence-corrected chi connectivity index (χ0v) is 21.2. The third-order valence-corrected chi connectivity index (χ3v) is 8.13. The molecule has 2 N–H and O–H groups in total. The summed E-state index contributed by atoms with van der Waals surface area (Å²) in [5, 5.41) is 17.9. The summed E-state index contributed by atoms with van der Waals surface area (Å²) in [5.41, 5.74) is -0.593. The normalized spacial score (nSPS) is 30.5. The van der Waals surface area contributed by atoms with Gasteiger partial charge in [-0.25, -0.2) is 13.2 Å². The second-order valence-electron chi connectivity index (χ2n) is 10.4. The summed E-state index contributed by atoms with van der Waals surface area (Å²) >= 11 is 6.60. The standard InChI is InChI=1S/C25H37ClF3N5O/c1-25(35,23(27)15-33-11-3-5-17(14-33)22-6-4-10-32(22)2)16-30-20-8-7-18(13-19(20)26)34-12-9-21(31-34)24(28)29/h3,5,9,12,14,18-20,22-24,30,35H,4,6-8,10-11,13,15-16H2,1-2H3/t18-,19?,20-,22?,23-,25?/m1/s1. The van der Waals surface area contributed by atoms with Crippen molar-refractivity contribution in [2.45, 2.75) is 80.7 Å². The van der Waals surface area contributed by atoms with Gasteiger partial charge in [-0.15, -0.1) is 11.6 Å². The number of nitrogens with zero attached hydrogens (tertiary/aromatic N) is 4. The number of hydrogen-bond donors (Lipinski definition) is 2. The maximum atomic E-state index is 15.2. The molecular weight excluding hydrogens is 479 g/mol. The Hall–Kier alpha value is -1.55. The zero-order chi connectivity index (χ0) is 25.2. The summed E-state index contributed by atoms with van der Waals surface area (Å²) in [7, 11) is 2.12. The number of rotatable bonds is 9. The molecule has 1 saturated heterocycles. The van der Waals surface area contributed by atoms with Gasteiger partial charge in [0.05, 0.1) is 18.0 Å². The van der Waals surface area contributed by atoms with Crippen LogP contribution in [-0.4, -0.2) is 87.1 Å². The first-order valence-corrected chi connectivity index (χ1v) is 13.0. The van der Waals surface area contributed by atoms with E-state index in [0.29, 0.717) is 25.4 Å². The average Bonchev–Trinajstić information content (AvgIpc) is 3.48. The molecule has 1 aliphatic carbocycles. The van der Waals surface area contributed by atoms with Gasteiger partial charge in [0, 0.05) is 37.6 Å². The van der Waals surface area contributed by atoms with Crippen LogP contribution < -0.4 is 5.32 Å². The second-order valence-corrected chi connectivity index (χ2v) is 11.0. The van der Waals surface area contributed by atoms with E-state index in [1.165, 1.54) is 25.0 Å². The van der Waals surface area contributed by atoms with Crippen LogP contribution in [0.25, 0.3) is 0 Å². The quantitative estimate of drug-likeness (QED) is 0.486. The molecule has 3 unspecified atom stereocenters. The summed E-state index contributed by atoms with van der Waals surface area (Å²) in [5.74, 6) is 0. The first kappa shape index (κ1) is 26.5. The Morgan fingerprint density at radius 3 is 2.74 bits per heavy atom. The van der Waals surface area contributed by atoms with Gasteiger partial charge in [0.1, 0.15) is 17.5 Å². The average molecular weight is 516 g/mol. The molecule has 4 rings (SSSR count). The Balaban J connectivity index is 1.26. The molecule has 1 saturated carbocycles. The minimum atomic E-state index is -2.59. The van der Waals surface area contributed by atoms with E-state index in [-0.39, 0.29) is 36.2 Å². The number of likely N-dealkylation sites (N-methyl/N-ethyl adjacent to an activating group) is 1. The minimum Gasteiger partial charge on any atom is -0.386 e. The summed E-state index contributed by atoms with van der Waals surface area (Å²) < 4.78 is 42.5. The molecule has 6 atom stereocenters. The highest BCUT2D eigenvalue weighted by molar-refractivity contribution is 6.21. The van der Waals surface area contributed by atoms with Gasteiger partial charge >= 0.3 is 0 Å². The molecule has 2 fully saturated rings. The van der Waals surface area contributed by atoms with Crippen LogP contribution in [0.3, 0.4) is 0 Å². The lowest BCUT2D eigenvalue weighted by Gasteiger charge is -2.37. The largest absolute Gasteiger partial charge is 0.386 e.